The normalized spacial score (nSPS) is 19.1. The Morgan fingerprint density at radius 2 is 0.847 bits per heavy atom. The molecule has 0 aliphatic carbocycles. The van der Waals surface area contributed by atoms with Gasteiger partial charge in [-0.25, -0.2) is 0 Å². The third-order valence-electron chi connectivity index (χ3n) is 15.7. The lowest BCUT2D eigenvalue weighted by Gasteiger charge is -2.41. The second-order valence-electron chi connectivity index (χ2n) is 23.5. The molecular formula is C74H127NO10. The summed E-state index contributed by atoms with van der Waals surface area (Å²) in [6, 6.07) is -1.04. The zero-order valence-electron chi connectivity index (χ0n) is 54.2. The molecule has 8 unspecified atom stereocenters. The molecule has 0 bridgehead atoms. The molecular weight excluding hydrogens is 1060 g/mol. The molecule has 0 aromatic rings. The molecule has 6 N–H and O–H groups in total. The van der Waals surface area contributed by atoms with Crippen LogP contribution in [0.5, 0.6) is 0 Å². The number of aliphatic hydroxyl groups excluding tert-OH is 5. The monoisotopic (exact) mass is 1190 g/mol. The van der Waals surface area contributed by atoms with Gasteiger partial charge in [-0.1, -0.05) is 291 Å². The lowest BCUT2D eigenvalue weighted by atomic mass is 9.99. The van der Waals surface area contributed by atoms with E-state index in [-0.39, 0.29) is 19.4 Å². The highest BCUT2D eigenvalue weighted by atomic mass is 16.7. The average molecular weight is 1190 g/mol. The summed E-state index contributed by atoms with van der Waals surface area (Å²) in [6.07, 6.45) is 72.9. The van der Waals surface area contributed by atoms with Crippen LogP contribution < -0.4 is 5.32 Å². The summed E-state index contributed by atoms with van der Waals surface area (Å²) in [7, 11) is 0. The minimum atomic E-state index is -1.65. The van der Waals surface area contributed by atoms with E-state index in [1.165, 1.54) is 148 Å². The molecule has 1 aliphatic rings. The van der Waals surface area contributed by atoms with Crippen LogP contribution in [0.3, 0.4) is 0 Å². The Morgan fingerprint density at radius 3 is 1.29 bits per heavy atom. The molecule has 1 heterocycles. The highest BCUT2D eigenvalue weighted by Crippen LogP contribution is 2.26. The molecule has 0 radical (unpaired) electrons. The van der Waals surface area contributed by atoms with E-state index in [1.807, 2.05) is 18.2 Å². The maximum atomic E-state index is 13.5. The van der Waals surface area contributed by atoms with Crippen molar-refractivity contribution >= 4 is 11.9 Å². The fourth-order valence-corrected chi connectivity index (χ4v) is 10.2. The molecule has 1 rings (SSSR count). The Morgan fingerprint density at radius 1 is 0.471 bits per heavy atom. The van der Waals surface area contributed by atoms with Crippen molar-refractivity contribution in [1.82, 2.24) is 5.32 Å². The van der Waals surface area contributed by atoms with Gasteiger partial charge in [0, 0.05) is 6.42 Å². The van der Waals surface area contributed by atoms with Crippen LogP contribution in [-0.2, 0) is 23.8 Å². The van der Waals surface area contributed by atoms with E-state index < -0.39 is 67.4 Å². The van der Waals surface area contributed by atoms with Crippen molar-refractivity contribution in [1.29, 1.82) is 0 Å². The van der Waals surface area contributed by atoms with Gasteiger partial charge in [-0.15, -0.1) is 0 Å². The summed E-state index contributed by atoms with van der Waals surface area (Å²) in [5.74, 6) is -1.28. The van der Waals surface area contributed by atoms with Gasteiger partial charge in [0.1, 0.15) is 24.4 Å². The van der Waals surface area contributed by atoms with E-state index in [4.69, 9.17) is 14.2 Å². The highest BCUT2D eigenvalue weighted by molar-refractivity contribution is 5.80. The van der Waals surface area contributed by atoms with E-state index in [0.717, 1.165) is 83.5 Å². The number of nitrogens with one attached hydrogen (secondary N) is 1. The molecule has 0 aromatic carbocycles. The van der Waals surface area contributed by atoms with Gasteiger partial charge in [-0.3, -0.25) is 9.59 Å². The van der Waals surface area contributed by atoms with Gasteiger partial charge in [0.05, 0.1) is 25.4 Å². The quantitative estimate of drug-likeness (QED) is 0.0195. The number of carbonyl (C=O) groups is 2. The smallest absolute Gasteiger partial charge is 0.306 e. The molecule has 0 saturated carbocycles. The summed E-state index contributed by atoms with van der Waals surface area (Å²) < 4.78 is 17.6. The first-order chi connectivity index (χ1) is 41.7. The standard InChI is InChI=1S/C74H127NO10/c1-4-7-10-13-16-19-22-24-26-28-30-31-32-33-34-35-36-38-39-41-43-46-49-52-55-58-61-67(78)73(82)75-65(66(77)60-57-54-51-48-45-21-18-15-12-9-6-3)64-83-74-72(71(81)70(80)68(63-76)84-74)85-69(79)62-59-56-53-50-47-44-42-40-37-29-27-25-23-20-17-14-11-8-5-2/h8,11,16-17,19-20,24-27,37,40,44,47,53,56-57,60,65-68,70-72,74,76-78,80-81H,4-7,9-10,12-15,18,21-23,28-36,38-39,41-43,45-46,48-52,54-55,58-59,61-64H2,1-3H3,(H,75,82)/b11-8-,19-16-,20-17-,26-24-,27-25-,40-37-,47-44-,56-53-,60-57+. The fraction of sp³-hybridized carbons (Fsp3) is 0.730. The molecule has 1 aliphatic heterocycles. The summed E-state index contributed by atoms with van der Waals surface area (Å²) in [5.41, 5.74) is 0. The van der Waals surface area contributed by atoms with Crippen LogP contribution in [0.15, 0.2) is 109 Å². The van der Waals surface area contributed by atoms with Gasteiger partial charge >= 0.3 is 5.97 Å². The van der Waals surface area contributed by atoms with Gasteiger partial charge in [0.15, 0.2) is 12.4 Å². The number of hydrogen-bond acceptors (Lipinski definition) is 10. The summed E-state index contributed by atoms with van der Waals surface area (Å²) in [4.78, 5) is 26.6. The molecule has 85 heavy (non-hydrogen) atoms. The zero-order valence-corrected chi connectivity index (χ0v) is 54.2. The van der Waals surface area contributed by atoms with Crippen LogP contribution in [0, 0.1) is 0 Å². The number of allylic oxidation sites excluding steroid dienone is 17. The van der Waals surface area contributed by atoms with Crippen molar-refractivity contribution in [3.63, 3.8) is 0 Å². The minimum Gasteiger partial charge on any atom is -0.454 e. The Bertz CT molecular complexity index is 1800. The molecule has 488 valence electrons. The summed E-state index contributed by atoms with van der Waals surface area (Å²) in [5, 5.41) is 57.1. The van der Waals surface area contributed by atoms with Crippen LogP contribution in [0.2, 0.25) is 0 Å². The number of rotatable bonds is 58. The Kier molecular flexibility index (Phi) is 56.6. The fourth-order valence-electron chi connectivity index (χ4n) is 10.2. The van der Waals surface area contributed by atoms with E-state index in [2.05, 4.69) is 111 Å². The highest BCUT2D eigenvalue weighted by Gasteiger charge is 2.47. The van der Waals surface area contributed by atoms with Gasteiger partial charge in [-0.2, -0.15) is 0 Å². The predicted octanol–water partition coefficient (Wildman–Crippen LogP) is 17.6. The lowest BCUT2D eigenvalue weighted by molar-refractivity contribution is -0.305. The number of aliphatic hydroxyl groups is 5. The first kappa shape index (κ1) is 79.3. The number of unbranched alkanes of at least 4 members (excludes halogenated alkanes) is 28. The van der Waals surface area contributed by atoms with Crippen LogP contribution in [0.1, 0.15) is 284 Å². The van der Waals surface area contributed by atoms with Gasteiger partial charge in [0.2, 0.25) is 5.91 Å². The van der Waals surface area contributed by atoms with Crippen molar-refractivity contribution in [2.24, 2.45) is 0 Å². The number of hydrogen-bond donors (Lipinski definition) is 6. The first-order valence-corrected chi connectivity index (χ1v) is 34.7. The van der Waals surface area contributed by atoms with Gasteiger partial charge in [0.25, 0.3) is 0 Å². The number of amides is 1. The molecule has 11 heteroatoms. The lowest BCUT2D eigenvalue weighted by Crippen LogP contribution is -2.61. The van der Waals surface area contributed by atoms with Crippen molar-refractivity contribution in [2.75, 3.05) is 13.2 Å². The van der Waals surface area contributed by atoms with E-state index in [9.17, 15) is 35.1 Å². The average Bonchev–Trinajstić information content (AvgIpc) is 2.90. The third kappa shape index (κ3) is 48.0. The number of carbonyl (C=O) groups excluding carboxylic acids is 2. The van der Waals surface area contributed by atoms with Crippen molar-refractivity contribution < 1.29 is 49.3 Å². The van der Waals surface area contributed by atoms with Crippen molar-refractivity contribution in [2.45, 2.75) is 333 Å². The number of ether oxygens (including phenoxy) is 3. The Hall–Kier alpha value is -3.68. The van der Waals surface area contributed by atoms with Crippen LogP contribution >= 0.6 is 0 Å². The van der Waals surface area contributed by atoms with E-state index in [0.29, 0.717) is 19.3 Å². The van der Waals surface area contributed by atoms with Crippen LogP contribution in [0.25, 0.3) is 0 Å². The molecule has 1 amide bonds. The molecule has 1 saturated heterocycles. The summed E-state index contributed by atoms with van der Waals surface area (Å²) >= 11 is 0. The second-order valence-corrected chi connectivity index (χ2v) is 23.5. The topological polar surface area (TPSA) is 175 Å². The summed E-state index contributed by atoms with van der Waals surface area (Å²) in [6.45, 7) is 5.62. The Balaban J connectivity index is 2.59. The third-order valence-corrected chi connectivity index (χ3v) is 15.7. The predicted molar refractivity (Wildman–Crippen MR) is 356 cm³/mol. The Labute approximate surface area is 519 Å². The zero-order chi connectivity index (χ0) is 61.7. The van der Waals surface area contributed by atoms with E-state index >= 15 is 0 Å². The molecule has 0 spiro atoms. The maximum absolute atomic E-state index is 13.5. The van der Waals surface area contributed by atoms with Crippen LogP contribution in [0.4, 0.5) is 0 Å². The largest absolute Gasteiger partial charge is 0.454 e. The molecule has 8 atom stereocenters. The maximum Gasteiger partial charge on any atom is 0.306 e. The van der Waals surface area contributed by atoms with Gasteiger partial charge < -0.3 is 45.1 Å². The minimum absolute atomic E-state index is 0.00560. The van der Waals surface area contributed by atoms with Gasteiger partial charge in [-0.05, 0) is 96.3 Å². The first-order valence-electron chi connectivity index (χ1n) is 34.7. The molecule has 11 nitrogen and oxygen atoms in total. The second kappa shape index (κ2) is 60.6. The van der Waals surface area contributed by atoms with Crippen molar-refractivity contribution in [3.8, 4) is 0 Å². The van der Waals surface area contributed by atoms with Crippen molar-refractivity contribution in [3.05, 3.63) is 109 Å². The SMILES string of the molecule is CC/C=C\C/C=C\C/C=C\C/C=C\C/C=C\C/C=C\CCC(=O)OC1C(OCC(NC(=O)C(O)CCCCCCCCCCCCCCCCCC/C=C\C/C=C\CCCCC)C(O)/C=C/CCCCCCCCCCC)OC(CO)C(O)C1O. The number of esters is 1. The molecule has 1 fully saturated rings. The van der Waals surface area contributed by atoms with E-state index in [1.54, 1.807) is 6.08 Å². The molecule has 0 aromatic heterocycles. The van der Waals surface area contributed by atoms with Crippen LogP contribution in [-0.4, -0.2) is 99.6 Å².